The molecule has 0 bridgehead atoms. The van der Waals surface area contributed by atoms with E-state index in [1.54, 1.807) is 19.1 Å². The molecule has 26 heavy (non-hydrogen) atoms. The highest BCUT2D eigenvalue weighted by molar-refractivity contribution is 6.31. The van der Waals surface area contributed by atoms with Gasteiger partial charge in [-0.25, -0.2) is 4.79 Å². The van der Waals surface area contributed by atoms with Crippen LogP contribution in [0, 0.1) is 11.3 Å². The number of anilines is 1. The van der Waals surface area contributed by atoms with Crippen LogP contribution in [0.4, 0.5) is 10.5 Å². The second kappa shape index (κ2) is 7.51. The van der Waals surface area contributed by atoms with Crippen LogP contribution in [0.3, 0.4) is 0 Å². The second-order valence-electron chi connectivity index (χ2n) is 5.66. The zero-order valence-corrected chi connectivity index (χ0v) is 15.3. The maximum absolute atomic E-state index is 11.5. The zero-order valence-electron chi connectivity index (χ0n) is 14.5. The van der Waals surface area contributed by atoms with Crippen molar-refractivity contribution in [1.82, 2.24) is 4.57 Å². The van der Waals surface area contributed by atoms with Gasteiger partial charge in [0.15, 0.2) is 0 Å². The number of nitrogens with zero attached hydrogens (tertiary/aromatic N) is 2. The maximum Gasteiger partial charge on any atom is 0.411 e. The van der Waals surface area contributed by atoms with Crippen molar-refractivity contribution in [2.45, 2.75) is 20.4 Å². The van der Waals surface area contributed by atoms with Crippen LogP contribution in [-0.4, -0.2) is 17.3 Å². The highest BCUT2D eigenvalue weighted by Gasteiger charge is 2.18. The number of rotatable bonds is 4. The molecule has 1 heterocycles. The average molecular weight is 368 g/mol. The molecule has 0 unspecified atom stereocenters. The number of aromatic nitrogens is 1. The summed E-state index contributed by atoms with van der Waals surface area (Å²) in [7, 11) is 0. The molecule has 132 valence electrons. The molecule has 0 aliphatic heterocycles. The summed E-state index contributed by atoms with van der Waals surface area (Å²) >= 11 is 6.12. The van der Waals surface area contributed by atoms with Gasteiger partial charge in [-0.15, -0.1) is 0 Å². The van der Waals surface area contributed by atoms with Gasteiger partial charge in [0.05, 0.1) is 17.9 Å². The zero-order chi connectivity index (χ0) is 18.7. The monoisotopic (exact) mass is 367 g/mol. The molecule has 6 heteroatoms. The first-order valence-electron chi connectivity index (χ1n) is 8.35. The van der Waals surface area contributed by atoms with E-state index in [1.807, 2.05) is 37.3 Å². The Morgan fingerprint density at radius 1 is 1.23 bits per heavy atom. The lowest BCUT2D eigenvalue weighted by Gasteiger charge is -2.10. The van der Waals surface area contributed by atoms with Crippen LogP contribution in [0.5, 0.6) is 0 Å². The smallest absolute Gasteiger partial charge is 0.411 e. The average Bonchev–Trinajstić information content (AvgIpc) is 2.95. The van der Waals surface area contributed by atoms with Gasteiger partial charge in [0.2, 0.25) is 0 Å². The molecule has 0 aliphatic carbocycles. The molecule has 3 aromatic rings. The summed E-state index contributed by atoms with van der Waals surface area (Å²) in [5.74, 6) is 0. The Kier molecular flexibility index (Phi) is 5.15. The van der Waals surface area contributed by atoms with Gasteiger partial charge in [0, 0.05) is 28.2 Å². The first-order chi connectivity index (χ1) is 12.6. The van der Waals surface area contributed by atoms with E-state index in [1.165, 1.54) is 0 Å². The Bertz CT molecular complexity index is 1000. The molecule has 1 aromatic heterocycles. The van der Waals surface area contributed by atoms with Crippen LogP contribution in [0.2, 0.25) is 5.02 Å². The summed E-state index contributed by atoms with van der Waals surface area (Å²) in [6, 6.07) is 15.2. The van der Waals surface area contributed by atoms with E-state index in [-0.39, 0.29) is 0 Å². The summed E-state index contributed by atoms with van der Waals surface area (Å²) < 4.78 is 6.97. The molecule has 3 rings (SSSR count). The summed E-state index contributed by atoms with van der Waals surface area (Å²) in [5.41, 5.74) is 3.93. The lowest BCUT2D eigenvalue weighted by atomic mass is 10.1. The Labute approximate surface area is 156 Å². The van der Waals surface area contributed by atoms with Crippen molar-refractivity contribution in [3.05, 3.63) is 53.1 Å². The predicted octanol–water partition coefficient (Wildman–Crippen LogP) is 5.42. The molecule has 5 nitrogen and oxygen atoms in total. The lowest BCUT2D eigenvalue weighted by Crippen LogP contribution is -2.13. The number of fused-ring (bicyclic) bond motifs is 1. The third-order valence-electron chi connectivity index (χ3n) is 4.13. The number of nitriles is 1. The maximum atomic E-state index is 11.5. The largest absolute Gasteiger partial charge is 0.450 e. The van der Waals surface area contributed by atoms with Crippen LogP contribution >= 0.6 is 11.6 Å². The molecule has 0 aliphatic rings. The Balaban J connectivity index is 2.07. The van der Waals surface area contributed by atoms with E-state index in [0.717, 1.165) is 28.7 Å². The number of nitrogens with one attached hydrogen (secondary N) is 1. The summed E-state index contributed by atoms with van der Waals surface area (Å²) in [5, 5.41) is 13.8. The second-order valence-corrected chi connectivity index (χ2v) is 6.10. The van der Waals surface area contributed by atoms with Gasteiger partial charge >= 0.3 is 6.09 Å². The van der Waals surface area contributed by atoms with E-state index in [9.17, 15) is 10.1 Å². The number of carbonyl (C=O) groups excluding carboxylic acids is 1. The van der Waals surface area contributed by atoms with Gasteiger partial charge in [-0.3, -0.25) is 5.32 Å². The van der Waals surface area contributed by atoms with Crippen molar-refractivity contribution >= 4 is 34.3 Å². The number of hydrogen-bond donors (Lipinski definition) is 1. The molecule has 2 aromatic carbocycles. The van der Waals surface area contributed by atoms with Crippen LogP contribution in [0.1, 0.15) is 19.4 Å². The molecule has 0 radical (unpaired) electrons. The normalized spacial score (nSPS) is 10.5. The van der Waals surface area contributed by atoms with E-state index < -0.39 is 6.09 Å². The molecule has 0 saturated carbocycles. The Morgan fingerprint density at radius 3 is 2.58 bits per heavy atom. The minimum Gasteiger partial charge on any atom is -0.450 e. The van der Waals surface area contributed by atoms with Gasteiger partial charge in [-0.2, -0.15) is 5.26 Å². The number of aryl methyl sites for hydroxylation is 1. The van der Waals surface area contributed by atoms with Crippen molar-refractivity contribution in [2.75, 3.05) is 11.9 Å². The number of ether oxygens (including phenoxy) is 1. The molecule has 0 spiro atoms. The molecular formula is C20H18ClN3O2. The lowest BCUT2D eigenvalue weighted by molar-refractivity contribution is 0.168. The molecule has 0 fully saturated rings. The van der Waals surface area contributed by atoms with Crippen molar-refractivity contribution < 1.29 is 9.53 Å². The Morgan fingerprint density at radius 2 is 1.96 bits per heavy atom. The van der Waals surface area contributed by atoms with Crippen LogP contribution in [-0.2, 0) is 11.3 Å². The Hall–Kier alpha value is -2.97. The van der Waals surface area contributed by atoms with Crippen molar-refractivity contribution in [2.24, 2.45) is 0 Å². The first-order valence-corrected chi connectivity index (χ1v) is 8.72. The topological polar surface area (TPSA) is 67.0 Å². The highest BCUT2D eigenvalue weighted by atomic mass is 35.5. The molecule has 1 amide bonds. The van der Waals surface area contributed by atoms with Crippen molar-refractivity contribution in [3.8, 4) is 17.3 Å². The van der Waals surface area contributed by atoms with Gasteiger partial charge in [0.25, 0.3) is 0 Å². The van der Waals surface area contributed by atoms with Crippen molar-refractivity contribution in [3.63, 3.8) is 0 Å². The first kappa shape index (κ1) is 17.8. The molecule has 0 atom stereocenters. The minimum absolute atomic E-state index is 0.314. The SMILES string of the molecule is CCOC(=O)Nc1ccc(-c2c(C#N)c3cc(Cl)ccc3n2CC)cc1. The van der Waals surface area contributed by atoms with Gasteiger partial charge in [0.1, 0.15) is 6.07 Å². The fourth-order valence-electron chi connectivity index (χ4n) is 3.07. The van der Waals surface area contributed by atoms with E-state index in [0.29, 0.717) is 22.9 Å². The predicted molar refractivity (Wildman–Crippen MR) is 103 cm³/mol. The summed E-state index contributed by atoms with van der Waals surface area (Å²) in [4.78, 5) is 11.5. The number of hydrogen-bond acceptors (Lipinski definition) is 3. The van der Waals surface area contributed by atoms with E-state index >= 15 is 0 Å². The fraction of sp³-hybridized carbons (Fsp3) is 0.200. The molecule has 1 N–H and O–H groups in total. The third kappa shape index (κ3) is 3.24. The number of benzene rings is 2. The highest BCUT2D eigenvalue weighted by Crippen LogP contribution is 2.35. The van der Waals surface area contributed by atoms with Crippen LogP contribution < -0.4 is 5.32 Å². The fourth-order valence-corrected chi connectivity index (χ4v) is 3.24. The van der Waals surface area contributed by atoms with Gasteiger partial charge in [-0.1, -0.05) is 23.7 Å². The summed E-state index contributed by atoms with van der Waals surface area (Å²) in [6.07, 6.45) is -0.490. The van der Waals surface area contributed by atoms with Gasteiger partial charge in [-0.05, 0) is 49.7 Å². The number of halogens is 1. The van der Waals surface area contributed by atoms with Gasteiger partial charge < -0.3 is 9.30 Å². The van der Waals surface area contributed by atoms with E-state index in [4.69, 9.17) is 16.3 Å². The van der Waals surface area contributed by atoms with Crippen LogP contribution in [0.15, 0.2) is 42.5 Å². The minimum atomic E-state index is -0.490. The molecule has 0 saturated heterocycles. The molecular weight excluding hydrogens is 350 g/mol. The van der Waals surface area contributed by atoms with Crippen LogP contribution in [0.25, 0.3) is 22.2 Å². The quantitative estimate of drug-likeness (QED) is 0.669. The van der Waals surface area contributed by atoms with Crippen molar-refractivity contribution in [1.29, 1.82) is 5.26 Å². The standard InChI is InChI=1S/C20H18ClN3O2/c1-3-24-18-10-7-14(21)11-16(18)17(12-22)19(24)13-5-8-15(9-6-13)23-20(25)26-4-2/h5-11H,3-4H2,1-2H3,(H,23,25). The van der Waals surface area contributed by atoms with E-state index in [2.05, 4.69) is 16.0 Å². The number of amides is 1. The summed E-state index contributed by atoms with van der Waals surface area (Å²) in [6.45, 7) is 4.82. The third-order valence-corrected chi connectivity index (χ3v) is 4.37. The number of carbonyl (C=O) groups is 1.